The normalized spacial score (nSPS) is 12.1. The molecule has 6 nitrogen and oxygen atoms in total. The molecule has 4 rings (SSSR count). The summed E-state index contributed by atoms with van der Waals surface area (Å²) >= 11 is 0. The summed E-state index contributed by atoms with van der Waals surface area (Å²) in [5, 5.41) is 6.58. The maximum absolute atomic E-state index is 12.8. The number of H-pyrrole nitrogens is 1. The molecular weight excluding hydrogens is 378 g/mol. The predicted molar refractivity (Wildman–Crippen MR) is 121 cm³/mol. The molecule has 4 aromatic rings. The van der Waals surface area contributed by atoms with E-state index in [0.717, 1.165) is 21.0 Å². The van der Waals surface area contributed by atoms with E-state index in [4.69, 9.17) is 4.74 Å². The van der Waals surface area contributed by atoms with Crippen molar-refractivity contribution in [3.63, 3.8) is 0 Å². The number of aromatic amines is 1. The van der Waals surface area contributed by atoms with E-state index in [2.05, 4.69) is 30.9 Å². The fraction of sp³-hybridized carbons (Fsp3) is 0.208. The Morgan fingerprint density at radius 2 is 1.67 bits per heavy atom. The molecule has 6 heteroatoms. The number of nitrogens with zero attached hydrogens (tertiary/aromatic N) is 2. The van der Waals surface area contributed by atoms with Crippen molar-refractivity contribution >= 4 is 27.9 Å². The molecule has 0 unspecified atom stereocenters. The third-order valence-electron chi connectivity index (χ3n) is 4.68. The van der Waals surface area contributed by atoms with E-state index in [-0.39, 0.29) is 5.41 Å². The molecule has 0 radical (unpaired) electrons. The van der Waals surface area contributed by atoms with Crippen molar-refractivity contribution < 1.29 is 4.74 Å². The number of benzene rings is 3. The van der Waals surface area contributed by atoms with E-state index in [1.807, 2.05) is 36.4 Å². The zero-order valence-electron chi connectivity index (χ0n) is 17.2. The van der Waals surface area contributed by atoms with Crippen LogP contribution in [0.25, 0.3) is 21.7 Å². The fourth-order valence-electron chi connectivity index (χ4n) is 3.20. The molecule has 0 aliphatic rings. The number of rotatable bonds is 4. The van der Waals surface area contributed by atoms with Crippen molar-refractivity contribution in [1.29, 1.82) is 0 Å². The van der Waals surface area contributed by atoms with Gasteiger partial charge in [-0.25, -0.2) is 4.79 Å². The predicted octanol–water partition coefficient (Wildman–Crippen LogP) is 4.15. The highest BCUT2D eigenvalue weighted by Crippen LogP contribution is 2.28. The zero-order valence-corrected chi connectivity index (χ0v) is 17.2. The van der Waals surface area contributed by atoms with Crippen molar-refractivity contribution in [1.82, 2.24) is 9.66 Å². The fourth-order valence-corrected chi connectivity index (χ4v) is 3.20. The van der Waals surface area contributed by atoms with Gasteiger partial charge in [-0.3, -0.25) is 4.79 Å². The van der Waals surface area contributed by atoms with Crippen molar-refractivity contribution in [2.45, 2.75) is 20.8 Å². The molecule has 152 valence electrons. The molecule has 0 fully saturated rings. The van der Waals surface area contributed by atoms with Gasteiger partial charge in [0.25, 0.3) is 5.56 Å². The van der Waals surface area contributed by atoms with Crippen LogP contribution in [0.3, 0.4) is 0 Å². The third kappa shape index (κ3) is 3.89. The van der Waals surface area contributed by atoms with Crippen LogP contribution in [0.1, 0.15) is 26.3 Å². The van der Waals surface area contributed by atoms with Gasteiger partial charge in [-0.15, -0.1) is 4.68 Å². The van der Waals surface area contributed by atoms with E-state index >= 15 is 0 Å². The summed E-state index contributed by atoms with van der Waals surface area (Å²) in [6, 6.07) is 18.6. The molecule has 0 bridgehead atoms. The van der Waals surface area contributed by atoms with Crippen LogP contribution in [-0.4, -0.2) is 22.5 Å². The SMILES string of the molecule is CC(C)(C)COc1ccc2ccccc2c1C=Nn1c(=O)[nH]c2ccccc2c1=O. The molecule has 1 N–H and O–H groups in total. The number of ether oxygens (including phenoxy) is 1. The lowest BCUT2D eigenvalue weighted by Gasteiger charge is -2.20. The quantitative estimate of drug-likeness (QED) is 0.522. The van der Waals surface area contributed by atoms with Crippen LogP contribution in [0.5, 0.6) is 5.75 Å². The Bertz CT molecular complexity index is 1370. The highest BCUT2D eigenvalue weighted by Gasteiger charge is 2.14. The first-order chi connectivity index (χ1) is 14.3. The molecule has 1 aromatic heterocycles. The van der Waals surface area contributed by atoms with Gasteiger partial charge in [0.05, 0.1) is 23.7 Å². The number of hydrogen-bond donors (Lipinski definition) is 1. The molecule has 0 atom stereocenters. The van der Waals surface area contributed by atoms with Gasteiger partial charge in [0.15, 0.2) is 0 Å². The molecule has 0 aliphatic heterocycles. The summed E-state index contributed by atoms with van der Waals surface area (Å²) in [5.41, 5.74) is 0.123. The van der Waals surface area contributed by atoms with Crippen LogP contribution in [-0.2, 0) is 0 Å². The van der Waals surface area contributed by atoms with Crippen molar-refractivity contribution in [3.8, 4) is 5.75 Å². The van der Waals surface area contributed by atoms with Gasteiger partial charge in [0.2, 0.25) is 0 Å². The second-order valence-corrected chi connectivity index (χ2v) is 8.39. The number of fused-ring (bicyclic) bond motifs is 2. The highest BCUT2D eigenvalue weighted by molar-refractivity contribution is 6.02. The Balaban J connectivity index is 1.85. The summed E-state index contributed by atoms with van der Waals surface area (Å²) in [7, 11) is 0. The second kappa shape index (κ2) is 7.63. The van der Waals surface area contributed by atoms with E-state index in [9.17, 15) is 9.59 Å². The van der Waals surface area contributed by atoms with Gasteiger partial charge in [-0.1, -0.05) is 63.2 Å². The topological polar surface area (TPSA) is 76.5 Å². The minimum atomic E-state index is -0.590. The highest BCUT2D eigenvalue weighted by atomic mass is 16.5. The lowest BCUT2D eigenvalue weighted by Crippen LogP contribution is -2.32. The van der Waals surface area contributed by atoms with Gasteiger partial charge < -0.3 is 9.72 Å². The van der Waals surface area contributed by atoms with Gasteiger partial charge in [0, 0.05) is 5.56 Å². The zero-order chi connectivity index (χ0) is 21.3. The Morgan fingerprint density at radius 3 is 2.43 bits per heavy atom. The van der Waals surface area contributed by atoms with Crippen molar-refractivity contribution in [3.05, 3.63) is 87.1 Å². The van der Waals surface area contributed by atoms with Crippen LogP contribution >= 0.6 is 0 Å². The third-order valence-corrected chi connectivity index (χ3v) is 4.68. The lowest BCUT2D eigenvalue weighted by molar-refractivity contribution is 0.198. The number of aromatic nitrogens is 2. The minimum Gasteiger partial charge on any atom is -0.492 e. The Hall–Kier alpha value is -3.67. The van der Waals surface area contributed by atoms with Crippen LogP contribution in [0.2, 0.25) is 0 Å². The molecule has 0 saturated heterocycles. The average molecular weight is 401 g/mol. The van der Waals surface area contributed by atoms with Crippen molar-refractivity contribution in [2.75, 3.05) is 6.61 Å². The average Bonchev–Trinajstić information content (AvgIpc) is 2.72. The van der Waals surface area contributed by atoms with E-state index < -0.39 is 11.2 Å². The van der Waals surface area contributed by atoms with E-state index in [0.29, 0.717) is 23.3 Å². The monoisotopic (exact) mass is 401 g/mol. The first-order valence-electron chi connectivity index (χ1n) is 9.76. The largest absolute Gasteiger partial charge is 0.492 e. The van der Waals surface area contributed by atoms with Crippen LogP contribution in [0.15, 0.2) is 75.4 Å². The molecule has 0 aliphatic carbocycles. The Kier molecular flexibility index (Phi) is 4.99. The summed E-state index contributed by atoms with van der Waals surface area (Å²) in [4.78, 5) is 27.9. The number of hydrogen-bond acceptors (Lipinski definition) is 4. The Labute approximate surface area is 173 Å². The van der Waals surface area contributed by atoms with Gasteiger partial charge in [-0.2, -0.15) is 5.10 Å². The minimum absolute atomic E-state index is 0.0213. The second-order valence-electron chi connectivity index (χ2n) is 8.39. The van der Waals surface area contributed by atoms with Gasteiger partial charge >= 0.3 is 5.69 Å². The van der Waals surface area contributed by atoms with Crippen molar-refractivity contribution in [2.24, 2.45) is 10.5 Å². The Morgan fingerprint density at radius 1 is 0.967 bits per heavy atom. The van der Waals surface area contributed by atoms with E-state index in [1.165, 1.54) is 6.21 Å². The lowest BCUT2D eigenvalue weighted by atomic mass is 9.98. The van der Waals surface area contributed by atoms with Gasteiger partial charge in [0.1, 0.15) is 5.75 Å². The smallest absolute Gasteiger partial charge is 0.349 e. The van der Waals surface area contributed by atoms with Crippen LogP contribution in [0, 0.1) is 5.41 Å². The molecular formula is C24H23N3O3. The molecule has 0 saturated carbocycles. The molecule has 0 amide bonds. The van der Waals surface area contributed by atoms with Gasteiger partial charge in [-0.05, 0) is 34.4 Å². The van der Waals surface area contributed by atoms with Crippen LogP contribution < -0.4 is 16.0 Å². The molecule has 1 heterocycles. The number of nitrogens with one attached hydrogen (secondary N) is 1. The van der Waals surface area contributed by atoms with E-state index in [1.54, 1.807) is 24.3 Å². The summed E-state index contributed by atoms with van der Waals surface area (Å²) in [5.74, 6) is 0.651. The summed E-state index contributed by atoms with van der Waals surface area (Å²) in [6.07, 6.45) is 1.52. The maximum Gasteiger partial charge on any atom is 0.349 e. The first kappa shape index (κ1) is 19.6. The van der Waals surface area contributed by atoms with Crippen LogP contribution in [0.4, 0.5) is 0 Å². The molecule has 0 spiro atoms. The maximum atomic E-state index is 12.8. The first-order valence-corrected chi connectivity index (χ1v) is 9.76. The summed E-state index contributed by atoms with van der Waals surface area (Å²) in [6.45, 7) is 6.80. The standard InChI is InChI=1S/C24H23N3O3/c1-24(2,3)15-30-21-13-12-16-8-4-5-9-17(16)19(21)14-25-27-22(28)18-10-6-7-11-20(18)26-23(27)29/h4-14H,15H2,1-3H3,(H,26,29). The molecule has 3 aromatic carbocycles. The molecule has 30 heavy (non-hydrogen) atoms. The summed E-state index contributed by atoms with van der Waals surface area (Å²) < 4.78 is 6.91. The number of para-hydroxylation sites is 1.